The lowest BCUT2D eigenvalue weighted by Crippen LogP contribution is -2.34. The number of carbonyl (C=O) groups is 1. The topological polar surface area (TPSA) is 57.3 Å². The average Bonchev–Trinajstić information content (AvgIpc) is 3.22. The van der Waals surface area contributed by atoms with Crippen LogP contribution in [0.3, 0.4) is 0 Å². The van der Waals surface area contributed by atoms with Gasteiger partial charge in [-0.2, -0.15) is 0 Å². The molecule has 1 saturated heterocycles. The summed E-state index contributed by atoms with van der Waals surface area (Å²) in [6.07, 6.45) is 1.92. The molecule has 0 aliphatic carbocycles. The van der Waals surface area contributed by atoms with Crippen LogP contribution < -0.4 is 15.5 Å². The fourth-order valence-corrected chi connectivity index (χ4v) is 3.83. The lowest BCUT2D eigenvalue weighted by atomic mass is 9.88. The van der Waals surface area contributed by atoms with Crippen LogP contribution >= 0.6 is 0 Å². The standard InChI is InChI=1S/C23H26N4O/c1-27(2)19-9-7-16(8-10-19)12-26-23(28)21-15-24-14-20(21)18-11-17-5-3-4-6-22(17)25-13-18/h3-11,13,20-21,24H,12,14-15H2,1-2H3,(H,26,28)/t20-,21+/m0/s1. The highest BCUT2D eigenvalue weighted by molar-refractivity contribution is 5.82. The van der Waals surface area contributed by atoms with Crippen LogP contribution in [0.2, 0.25) is 0 Å². The van der Waals surface area contributed by atoms with Crippen LogP contribution in [0.4, 0.5) is 5.69 Å². The van der Waals surface area contributed by atoms with E-state index in [2.05, 4.69) is 56.9 Å². The maximum absolute atomic E-state index is 12.9. The van der Waals surface area contributed by atoms with Gasteiger partial charge in [0.1, 0.15) is 0 Å². The van der Waals surface area contributed by atoms with Gasteiger partial charge in [-0.15, -0.1) is 0 Å². The Kier molecular flexibility index (Phi) is 5.26. The van der Waals surface area contributed by atoms with E-state index < -0.39 is 0 Å². The molecule has 1 amide bonds. The molecule has 2 N–H and O–H groups in total. The number of benzene rings is 2. The smallest absolute Gasteiger partial charge is 0.225 e. The number of hydrogen-bond acceptors (Lipinski definition) is 4. The van der Waals surface area contributed by atoms with Gasteiger partial charge in [-0.25, -0.2) is 0 Å². The van der Waals surface area contributed by atoms with E-state index >= 15 is 0 Å². The highest BCUT2D eigenvalue weighted by Crippen LogP contribution is 2.29. The predicted molar refractivity (Wildman–Crippen MR) is 113 cm³/mol. The molecule has 1 aliphatic rings. The Bertz CT molecular complexity index is 968. The second kappa shape index (κ2) is 7.98. The summed E-state index contributed by atoms with van der Waals surface area (Å²) < 4.78 is 0. The van der Waals surface area contributed by atoms with Crippen LogP contribution in [0.15, 0.2) is 60.8 Å². The van der Waals surface area contributed by atoms with Gasteiger partial charge in [0.15, 0.2) is 0 Å². The summed E-state index contributed by atoms with van der Waals surface area (Å²) in [5, 5.41) is 7.61. The zero-order valence-electron chi connectivity index (χ0n) is 16.4. The van der Waals surface area contributed by atoms with Gasteiger partial charge < -0.3 is 15.5 Å². The van der Waals surface area contributed by atoms with E-state index in [1.54, 1.807) is 0 Å². The fourth-order valence-electron chi connectivity index (χ4n) is 3.83. The quantitative estimate of drug-likeness (QED) is 0.721. The zero-order valence-corrected chi connectivity index (χ0v) is 16.4. The number of nitrogens with one attached hydrogen (secondary N) is 2. The van der Waals surface area contributed by atoms with Crippen molar-refractivity contribution < 1.29 is 4.79 Å². The molecule has 1 aromatic heterocycles. The summed E-state index contributed by atoms with van der Waals surface area (Å²) in [4.78, 5) is 19.5. The van der Waals surface area contributed by atoms with Crippen molar-refractivity contribution in [1.29, 1.82) is 0 Å². The van der Waals surface area contributed by atoms with Gasteiger partial charge in [0, 0.05) is 56.9 Å². The molecule has 1 aliphatic heterocycles. The van der Waals surface area contributed by atoms with Crippen molar-refractivity contribution in [3.05, 3.63) is 71.9 Å². The van der Waals surface area contributed by atoms with E-state index in [4.69, 9.17) is 0 Å². The van der Waals surface area contributed by atoms with Crippen molar-refractivity contribution in [1.82, 2.24) is 15.6 Å². The Hall–Kier alpha value is -2.92. The van der Waals surface area contributed by atoms with Crippen molar-refractivity contribution in [3.63, 3.8) is 0 Å². The molecule has 4 rings (SSSR count). The Morgan fingerprint density at radius 1 is 1.14 bits per heavy atom. The number of fused-ring (bicyclic) bond motifs is 1. The van der Waals surface area contributed by atoms with Gasteiger partial charge >= 0.3 is 0 Å². The number of nitrogens with zero attached hydrogens (tertiary/aromatic N) is 2. The Labute approximate surface area is 165 Å². The summed E-state index contributed by atoms with van der Waals surface area (Å²) in [6.45, 7) is 2.05. The third-order valence-electron chi connectivity index (χ3n) is 5.51. The summed E-state index contributed by atoms with van der Waals surface area (Å²) in [7, 11) is 4.04. The molecule has 2 heterocycles. The summed E-state index contributed by atoms with van der Waals surface area (Å²) in [6, 6.07) is 18.5. The van der Waals surface area contributed by atoms with Crippen LogP contribution in [-0.4, -0.2) is 38.1 Å². The fraction of sp³-hybridized carbons (Fsp3) is 0.304. The maximum Gasteiger partial charge on any atom is 0.225 e. The summed E-state index contributed by atoms with van der Waals surface area (Å²) >= 11 is 0. The first-order valence-corrected chi connectivity index (χ1v) is 9.71. The normalized spacial score (nSPS) is 18.9. The minimum absolute atomic E-state index is 0.0796. The van der Waals surface area contributed by atoms with Crippen LogP contribution in [0.5, 0.6) is 0 Å². The zero-order chi connectivity index (χ0) is 19.5. The third-order valence-corrected chi connectivity index (χ3v) is 5.51. The highest BCUT2D eigenvalue weighted by atomic mass is 16.1. The van der Waals surface area contributed by atoms with Crippen LogP contribution in [0.25, 0.3) is 10.9 Å². The van der Waals surface area contributed by atoms with Crippen LogP contribution in [0, 0.1) is 5.92 Å². The van der Waals surface area contributed by atoms with E-state index in [9.17, 15) is 4.79 Å². The van der Waals surface area contributed by atoms with Crippen molar-refractivity contribution in [2.45, 2.75) is 12.5 Å². The Morgan fingerprint density at radius 3 is 2.71 bits per heavy atom. The van der Waals surface area contributed by atoms with Crippen molar-refractivity contribution in [2.24, 2.45) is 5.92 Å². The number of carbonyl (C=O) groups excluding carboxylic acids is 1. The molecule has 0 bridgehead atoms. The first-order chi connectivity index (χ1) is 13.6. The van der Waals surface area contributed by atoms with Crippen molar-refractivity contribution >= 4 is 22.5 Å². The van der Waals surface area contributed by atoms with Gasteiger partial charge in [-0.05, 0) is 35.4 Å². The van der Waals surface area contributed by atoms with Gasteiger partial charge in [0.25, 0.3) is 0 Å². The number of aromatic nitrogens is 1. The summed E-state index contributed by atoms with van der Waals surface area (Å²) in [5.41, 5.74) is 4.37. The largest absolute Gasteiger partial charge is 0.378 e. The van der Waals surface area contributed by atoms with Gasteiger partial charge in [-0.3, -0.25) is 9.78 Å². The molecule has 5 heteroatoms. The Balaban J connectivity index is 1.44. The molecular formula is C23H26N4O. The molecule has 0 spiro atoms. The molecule has 28 heavy (non-hydrogen) atoms. The molecule has 0 saturated carbocycles. The number of pyridine rings is 1. The third kappa shape index (κ3) is 3.85. The summed E-state index contributed by atoms with van der Waals surface area (Å²) in [5.74, 6) is 0.164. The molecule has 3 aromatic rings. The lowest BCUT2D eigenvalue weighted by Gasteiger charge is -2.19. The number of para-hydroxylation sites is 1. The van der Waals surface area contributed by atoms with E-state index in [-0.39, 0.29) is 17.7 Å². The van der Waals surface area contributed by atoms with E-state index in [0.29, 0.717) is 13.1 Å². The molecule has 2 atom stereocenters. The number of anilines is 1. The molecular weight excluding hydrogens is 348 g/mol. The molecule has 0 radical (unpaired) electrons. The monoisotopic (exact) mass is 374 g/mol. The SMILES string of the molecule is CN(C)c1ccc(CNC(=O)[C@@H]2CNC[C@H]2c2cnc3ccccc3c2)cc1. The minimum Gasteiger partial charge on any atom is -0.378 e. The molecule has 144 valence electrons. The molecule has 1 fully saturated rings. The van der Waals surface area contributed by atoms with E-state index in [0.717, 1.165) is 34.3 Å². The first kappa shape index (κ1) is 18.4. The van der Waals surface area contributed by atoms with Crippen molar-refractivity contribution in [2.75, 3.05) is 32.1 Å². The number of amides is 1. The van der Waals surface area contributed by atoms with Crippen LogP contribution in [0.1, 0.15) is 17.0 Å². The first-order valence-electron chi connectivity index (χ1n) is 9.71. The average molecular weight is 374 g/mol. The van der Waals surface area contributed by atoms with E-state index in [1.807, 2.05) is 38.5 Å². The Morgan fingerprint density at radius 2 is 1.93 bits per heavy atom. The molecule has 0 unspecified atom stereocenters. The number of rotatable bonds is 5. The predicted octanol–water partition coefficient (Wildman–Crippen LogP) is 2.92. The maximum atomic E-state index is 12.9. The van der Waals surface area contributed by atoms with Crippen molar-refractivity contribution in [3.8, 4) is 0 Å². The lowest BCUT2D eigenvalue weighted by molar-refractivity contribution is -0.125. The number of hydrogen-bond donors (Lipinski definition) is 2. The van der Waals surface area contributed by atoms with Crippen LogP contribution in [-0.2, 0) is 11.3 Å². The minimum atomic E-state index is -0.0796. The van der Waals surface area contributed by atoms with Gasteiger partial charge in [0.05, 0.1) is 11.4 Å². The molecule has 5 nitrogen and oxygen atoms in total. The van der Waals surface area contributed by atoms with Gasteiger partial charge in [-0.1, -0.05) is 30.3 Å². The molecule has 2 aromatic carbocycles. The van der Waals surface area contributed by atoms with E-state index in [1.165, 1.54) is 0 Å². The second-order valence-electron chi connectivity index (χ2n) is 7.61. The van der Waals surface area contributed by atoms with Gasteiger partial charge in [0.2, 0.25) is 5.91 Å². The second-order valence-corrected chi connectivity index (χ2v) is 7.61. The highest BCUT2D eigenvalue weighted by Gasteiger charge is 2.34.